The van der Waals surface area contributed by atoms with E-state index in [9.17, 15) is 9.59 Å². The van der Waals surface area contributed by atoms with Gasteiger partial charge in [-0.3, -0.25) is 4.79 Å². The second kappa shape index (κ2) is 5.86. The molecule has 1 aliphatic rings. The standard InChI is InChI=1S/C13H18N2O4/c1-3-18-12(17)11-8-19-13(14-11)15-6-4-10(5-7-15)9(2)16/h8,10H,3-7H2,1-2H3. The number of carbonyl (C=O) groups is 2. The Bertz CT molecular complexity index is 461. The number of oxazole rings is 1. The zero-order chi connectivity index (χ0) is 13.8. The van der Waals surface area contributed by atoms with E-state index in [0.717, 1.165) is 12.8 Å². The predicted molar refractivity (Wildman–Crippen MR) is 68.1 cm³/mol. The minimum absolute atomic E-state index is 0.135. The maximum Gasteiger partial charge on any atom is 0.360 e. The molecule has 0 aromatic carbocycles. The SMILES string of the molecule is CCOC(=O)c1coc(N2CCC(C(C)=O)CC2)n1. The molecule has 1 aliphatic heterocycles. The molecule has 0 amide bonds. The Morgan fingerprint density at radius 3 is 2.74 bits per heavy atom. The quantitative estimate of drug-likeness (QED) is 0.772. The third-order valence-electron chi connectivity index (χ3n) is 3.32. The third-order valence-corrected chi connectivity index (χ3v) is 3.32. The molecule has 0 N–H and O–H groups in total. The molecular formula is C13H18N2O4. The minimum atomic E-state index is -0.476. The van der Waals surface area contributed by atoms with Crippen molar-refractivity contribution in [1.29, 1.82) is 0 Å². The van der Waals surface area contributed by atoms with Crippen LogP contribution in [0.2, 0.25) is 0 Å². The number of Topliss-reactive ketones (excluding diaryl/α,β-unsaturated/α-hetero) is 1. The number of hydrogen-bond acceptors (Lipinski definition) is 6. The van der Waals surface area contributed by atoms with Gasteiger partial charge in [0.15, 0.2) is 5.69 Å². The summed E-state index contributed by atoms with van der Waals surface area (Å²) in [5, 5.41) is 0. The van der Waals surface area contributed by atoms with Gasteiger partial charge in [-0.05, 0) is 26.7 Å². The zero-order valence-corrected chi connectivity index (χ0v) is 11.2. The summed E-state index contributed by atoms with van der Waals surface area (Å²) >= 11 is 0. The molecule has 104 valence electrons. The number of carbonyl (C=O) groups excluding carboxylic acids is 2. The molecule has 1 fully saturated rings. The normalized spacial score (nSPS) is 16.4. The van der Waals surface area contributed by atoms with Crippen molar-refractivity contribution in [2.75, 3.05) is 24.6 Å². The second-order valence-corrected chi connectivity index (χ2v) is 4.61. The van der Waals surface area contributed by atoms with Crippen LogP contribution >= 0.6 is 0 Å². The van der Waals surface area contributed by atoms with Crippen LogP contribution in [0.4, 0.5) is 6.01 Å². The first-order chi connectivity index (χ1) is 9.11. The first kappa shape index (κ1) is 13.6. The van der Waals surface area contributed by atoms with Gasteiger partial charge in [-0.2, -0.15) is 4.98 Å². The summed E-state index contributed by atoms with van der Waals surface area (Å²) in [6, 6.07) is 0.421. The van der Waals surface area contributed by atoms with Crippen LogP contribution in [-0.4, -0.2) is 36.4 Å². The third kappa shape index (κ3) is 3.13. The molecule has 2 rings (SSSR count). The summed E-state index contributed by atoms with van der Waals surface area (Å²) in [5.74, 6) is -0.105. The number of ketones is 1. The minimum Gasteiger partial charge on any atom is -0.461 e. The Hall–Kier alpha value is -1.85. The Labute approximate surface area is 111 Å². The van der Waals surface area contributed by atoms with Gasteiger partial charge in [0.1, 0.15) is 12.0 Å². The van der Waals surface area contributed by atoms with Gasteiger partial charge in [0.2, 0.25) is 0 Å². The zero-order valence-electron chi connectivity index (χ0n) is 11.2. The van der Waals surface area contributed by atoms with Crippen LogP contribution in [0, 0.1) is 5.92 Å². The summed E-state index contributed by atoms with van der Waals surface area (Å²) in [6.45, 7) is 5.11. The fraction of sp³-hybridized carbons (Fsp3) is 0.615. The van der Waals surface area contributed by atoms with E-state index in [4.69, 9.17) is 9.15 Å². The highest BCUT2D eigenvalue weighted by Crippen LogP contribution is 2.23. The molecule has 0 unspecified atom stereocenters. The van der Waals surface area contributed by atoms with Crippen molar-refractivity contribution in [1.82, 2.24) is 4.98 Å². The van der Waals surface area contributed by atoms with Gasteiger partial charge in [0, 0.05) is 19.0 Å². The molecule has 2 heterocycles. The van der Waals surface area contributed by atoms with Crippen molar-refractivity contribution in [3.05, 3.63) is 12.0 Å². The van der Waals surface area contributed by atoms with Crippen LogP contribution in [0.5, 0.6) is 0 Å². The molecule has 1 aromatic rings. The highest BCUT2D eigenvalue weighted by atomic mass is 16.5. The van der Waals surface area contributed by atoms with Gasteiger partial charge < -0.3 is 14.1 Å². The number of nitrogens with zero attached hydrogens (tertiary/aromatic N) is 2. The molecular weight excluding hydrogens is 248 g/mol. The highest BCUT2D eigenvalue weighted by molar-refractivity contribution is 5.87. The molecule has 0 radical (unpaired) electrons. The molecule has 19 heavy (non-hydrogen) atoms. The second-order valence-electron chi connectivity index (χ2n) is 4.61. The van der Waals surface area contributed by atoms with Crippen LogP contribution in [-0.2, 0) is 9.53 Å². The van der Waals surface area contributed by atoms with Crippen molar-refractivity contribution >= 4 is 17.8 Å². The van der Waals surface area contributed by atoms with E-state index >= 15 is 0 Å². The first-order valence-electron chi connectivity index (χ1n) is 6.50. The van der Waals surface area contributed by atoms with E-state index in [1.165, 1.54) is 6.26 Å². The van der Waals surface area contributed by atoms with Crippen molar-refractivity contribution in [3.63, 3.8) is 0 Å². The predicted octanol–water partition coefficient (Wildman–Crippen LogP) is 1.66. The van der Waals surface area contributed by atoms with Crippen molar-refractivity contribution in [2.24, 2.45) is 5.92 Å². The van der Waals surface area contributed by atoms with Gasteiger partial charge >= 0.3 is 5.97 Å². The lowest BCUT2D eigenvalue weighted by Crippen LogP contribution is -2.36. The molecule has 6 heteroatoms. The first-order valence-corrected chi connectivity index (χ1v) is 6.50. The maximum atomic E-state index is 11.5. The summed E-state index contributed by atoms with van der Waals surface area (Å²) in [6.07, 6.45) is 2.91. The molecule has 6 nitrogen and oxygen atoms in total. The van der Waals surface area contributed by atoms with E-state index < -0.39 is 5.97 Å². The molecule has 0 bridgehead atoms. The summed E-state index contributed by atoms with van der Waals surface area (Å²) in [4.78, 5) is 28.8. The van der Waals surface area contributed by atoms with Crippen LogP contribution < -0.4 is 4.90 Å². The van der Waals surface area contributed by atoms with Gasteiger partial charge in [-0.1, -0.05) is 0 Å². The average Bonchev–Trinajstić information content (AvgIpc) is 2.89. The highest BCUT2D eigenvalue weighted by Gasteiger charge is 2.25. The number of anilines is 1. The number of piperidine rings is 1. The van der Waals surface area contributed by atoms with Crippen molar-refractivity contribution < 1.29 is 18.7 Å². The van der Waals surface area contributed by atoms with Gasteiger partial charge in [0.05, 0.1) is 6.61 Å². The average molecular weight is 266 g/mol. The van der Waals surface area contributed by atoms with Crippen molar-refractivity contribution in [3.8, 4) is 0 Å². The summed E-state index contributed by atoms with van der Waals surface area (Å²) in [5.41, 5.74) is 0.186. The van der Waals surface area contributed by atoms with Crippen LogP contribution in [0.1, 0.15) is 37.2 Å². The van der Waals surface area contributed by atoms with Crippen LogP contribution in [0.15, 0.2) is 10.7 Å². The maximum absolute atomic E-state index is 11.5. The van der Waals surface area contributed by atoms with E-state index in [0.29, 0.717) is 25.7 Å². The Morgan fingerprint density at radius 2 is 2.16 bits per heavy atom. The lowest BCUT2D eigenvalue weighted by Gasteiger charge is -2.29. The molecule has 0 atom stereocenters. The van der Waals surface area contributed by atoms with E-state index in [1.54, 1.807) is 13.8 Å². The Kier molecular flexibility index (Phi) is 4.19. The van der Waals surface area contributed by atoms with E-state index in [2.05, 4.69) is 4.98 Å². The molecule has 1 aromatic heterocycles. The summed E-state index contributed by atoms with van der Waals surface area (Å²) < 4.78 is 10.1. The molecule has 0 aliphatic carbocycles. The number of aromatic nitrogens is 1. The number of ether oxygens (including phenoxy) is 1. The van der Waals surface area contributed by atoms with Gasteiger partial charge in [-0.25, -0.2) is 4.79 Å². The Balaban J connectivity index is 1.97. The largest absolute Gasteiger partial charge is 0.461 e. The van der Waals surface area contributed by atoms with E-state index in [1.807, 2.05) is 4.90 Å². The number of esters is 1. The number of rotatable bonds is 4. The fourth-order valence-corrected chi connectivity index (χ4v) is 2.19. The lowest BCUT2D eigenvalue weighted by molar-refractivity contribution is -0.121. The lowest BCUT2D eigenvalue weighted by atomic mass is 9.94. The smallest absolute Gasteiger partial charge is 0.360 e. The van der Waals surface area contributed by atoms with Gasteiger partial charge in [-0.15, -0.1) is 0 Å². The van der Waals surface area contributed by atoms with Gasteiger partial charge in [0.25, 0.3) is 6.01 Å². The monoisotopic (exact) mass is 266 g/mol. The topological polar surface area (TPSA) is 72.6 Å². The fourth-order valence-electron chi connectivity index (χ4n) is 2.19. The molecule has 0 spiro atoms. The summed E-state index contributed by atoms with van der Waals surface area (Å²) in [7, 11) is 0. The van der Waals surface area contributed by atoms with E-state index in [-0.39, 0.29) is 17.4 Å². The van der Waals surface area contributed by atoms with Crippen molar-refractivity contribution in [2.45, 2.75) is 26.7 Å². The Morgan fingerprint density at radius 1 is 1.47 bits per heavy atom. The molecule has 1 saturated heterocycles. The van der Waals surface area contributed by atoms with Crippen LogP contribution in [0.3, 0.4) is 0 Å². The molecule has 0 saturated carbocycles. The van der Waals surface area contributed by atoms with Crippen LogP contribution in [0.25, 0.3) is 0 Å². The number of hydrogen-bond donors (Lipinski definition) is 0.